The first kappa shape index (κ1) is 29.4. The highest BCUT2D eigenvalue weighted by Gasteiger charge is 2.41. The summed E-state index contributed by atoms with van der Waals surface area (Å²) in [4.78, 5) is 40.3. The minimum Gasteiger partial charge on any atom is -0.463 e. The van der Waals surface area contributed by atoms with Gasteiger partial charge in [0.05, 0.1) is 12.3 Å². The average molecular weight is 581 g/mol. The Morgan fingerprint density at radius 3 is 2.23 bits per heavy atom. The van der Waals surface area contributed by atoms with Crippen LogP contribution in [0, 0.1) is 6.92 Å². The normalized spacial score (nSPS) is 14.9. The SMILES string of the molecule is CCOC(=O)C=C1c2ccccc2N(C(=O)c2ccc(NC(=O)c3ccccc3-c3ccc(C)cc3)cc2)CCC1(F)F. The van der Waals surface area contributed by atoms with E-state index in [1.165, 1.54) is 11.0 Å². The van der Waals surface area contributed by atoms with Crippen LogP contribution in [0.4, 0.5) is 20.2 Å². The molecule has 4 aromatic carbocycles. The number of para-hydroxylation sites is 1. The zero-order chi connectivity index (χ0) is 30.6. The molecule has 0 unspecified atom stereocenters. The number of halogens is 2. The second-order valence-corrected chi connectivity index (χ2v) is 10.2. The lowest BCUT2D eigenvalue weighted by molar-refractivity contribution is -0.137. The van der Waals surface area contributed by atoms with Gasteiger partial charge >= 0.3 is 5.97 Å². The van der Waals surface area contributed by atoms with E-state index in [1.807, 2.05) is 43.3 Å². The number of allylic oxidation sites excluding steroid dienone is 1. The van der Waals surface area contributed by atoms with Gasteiger partial charge in [-0.1, -0.05) is 66.2 Å². The lowest BCUT2D eigenvalue weighted by Crippen LogP contribution is -2.33. The third-order valence-corrected chi connectivity index (χ3v) is 7.25. The van der Waals surface area contributed by atoms with Gasteiger partial charge in [-0.05, 0) is 61.4 Å². The van der Waals surface area contributed by atoms with Crippen LogP contribution in [-0.4, -0.2) is 36.9 Å². The molecule has 0 spiro atoms. The van der Waals surface area contributed by atoms with E-state index in [2.05, 4.69) is 5.32 Å². The van der Waals surface area contributed by atoms with Crippen molar-refractivity contribution >= 4 is 34.7 Å². The van der Waals surface area contributed by atoms with Gasteiger partial charge in [0.1, 0.15) is 0 Å². The lowest BCUT2D eigenvalue weighted by Gasteiger charge is -2.23. The molecule has 6 nitrogen and oxygen atoms in total. The van der Waals surface area contributed by atoms with Crippen molar-refractivity contribution in [2.24, 2.45) is 0 Å². The molecule has 0 saturated carbocycles. The largest absolute Gasteiger partial charge is 0.463 e. The van der Waals surface area contributed by atoms with Crippen LogP contribution in [0.3, 0.4) is 0 Å². The predicted octanol–water partition coefficient (Wildman–Crippen LogP) is 7.55. The van der Waals surface area contributed by atoms with Crippen LogP contribution in [0.25, 0.3) is 16.7 Å². The third kappa shape index (κ3) is 6.38. The van der Waals surface area contributed by atoms with Gasteiger partial charge in [-0.2, -0.15) is 0 Å². The summed E-state index contributed by atoms with van der Waals surface area (Å²) < 4.78 is 35.4. The molecule has 0 saturated heterocycles. The van der Waals surface area contributed by atoms with Gasteiger partial charge in [0, 0.05) is 47.0 Å². The number of benzene rings is 4. The van der Waals surface area contributed by atoms with Crippen molar-refractivity contribution in [2.45, 2.75) is 26.2 Å². The van der Waals surface area contributed by atoms with E-state index >= 15 is 8.78 Å². The van der Waals surface area contributed by atoms with Gasteiger partial charge < -0.3 is 15.0 Å². The molecule has 8 heteroatoms. The number of aryl methyl sites for hydroxylation is 1. The van der Waals surface area contributed by atoms with E-state index in [9.17, 15) is 14.4 Å². The van der Waals surface area contributed by atoms with E-state index in [4.69, 9.17) is 4.74 Å². The average Bonchev–Trinajstić information content (AvgIpc) is 3.11. The molecule has 0 atom stereocenters. The van der Waals surface area contributed by atoms with Crippen LogP contribution < -0.4 is 10.2 Å². The molecule has 1 N–H and O–H groups in total. The summed E-state index contributed by atoms with van der Waals surface area (Å²) in [5.74, 6) is -5.02. The number of esters is 1. The van der Waals surface area contributed by atoms with E-state index < -0.39 is 29.8 Å². The van der Waals surface area contributed by atoms with E-state index in [-0.39, 0.29) is 35.9 Å². The molecule has 0 radical (unpaired) electrons. The van der Waals surface area contributed by atoms with E-state index in [1.54, 1.807) is 61.5 Å². The van der Waals surface area contributed by atoms with Crippen LogP contribution in [0.15, 0.2) is 103 Å². The standard InChI is InChI=1S/C35H30F2N2O4/c1-3-43-32(40)22-30-29-10-6-7-11-31(29)39(21-20-35(30,36)37)34(42)25-16-18-26(19-17-25)38-33(41)28-9-5-4-8-27(28)24-14-12-23(2)13-15-24/h4-19,22H,3,20-21H2,1-2H3,(H,38,41). The molecule has 0 bridgehead atoms. The number of carbonyl (C=O) groups is 3. The zero-order valence-electron chi connectivity index (χ0n) is 23.8. The minimum absolute atomic E-state index is 0.0517. The number of nitrogens with zero attached hydrogens (tertiary/aromatic N) is 1. The summed E-state index contributed by atoms with van der Waals surface area (Å²) in [7, 11) is 0. The van der Waals surface area contributed by atoms with Gasteiger partial charge in [0.15, 0.2) is 0 Å². The summed E-state index contributed by atoms with van der Waals surface area (Å²) >= 11 is 0. The highest BCUT2D eigenvalue weighted by molar-refractivity contribution is 6.10. The van der Waals surface area contributed by atoms with Crippen molar-refractivity contribution < 1.29 is 27.9 Å². The summed E-state index contributed by atoms with van der Waals surface area (Å²) in [5, 5.41) is 2.88. The summed E-state index contributed by atoms with van der Waals surface area (Å²) in [6.07, 6.45) is 0.137. The van der Waals surface area contributed by atoms with Gasteiger partial charge in [-0.25, -0.2) is 13.6 Å². The van der Waals surface area contributed by atoms with Crippen LogP contribution in [0.2, 0.25) is 0 Å². The topological polar surface area (TPSA) is 75.7 Å². The number of fused-ring (bicyclic) bond motifs is 1. The van der Waals surface area contributed by atoms with Crippen molar-refractivity contribution in [3.63, 3.8) is 0 Å². The fourth-order valence-corrected chi connectivity index (χ4v) is 5.05. The quantitative estimate of drug-likeness (QED) is 0.189. The molecule has 5 rings (SSSR count). The third-order valence-electron chi connectivity index (χ3n) is 7.25. The van der Waals surface area contributed by atoms with Gasteiger partial charge in [-0.15, -0.1) is 0 Å². The molecular weight excluding hydrogens is 550 g/mol. The lowest BCUT2D eigenvalue weighted by atomic mass is 9.97. The molecule has 1 aliphatic rings. The fourth-order valence-electron chi connectivity index (χ4n) is 5.05. The Kier molecular flexibility index (Phi) is 8.48. The first-order chi connectivity index (χ1) is 20.7. The molecule has 43 heavy (non-hydrogen) atoms. The maximum absolute atomic E-state index is 15.3. The van der Waals surface area contributed by atoms with Crippen LogP contribution in [-0.2, 0) is 9.53 Å². The molecule has 0 fully saturated rings. The Labute approximate surface area is 248 Å². The van der Waals surface area contributed by atoms with Crippen molar-refractivity contribution in [1.29, 1.82) is 0 Å². The number of nitrogens with one attached hydrogen (secondary N) is 1. The number of alkyl halides is 2. The molecule has 0 aromatic heterocycles. The molecule has 1 aliphatic heterocycles. The Balaban J connectivity index is 1.38. The van der Waals surface area contributed by atoms with E-state index in [0.29, 0.717) is 11.3 Å². The Hall–Kier alpha value is -5.11. The van der Waals surface area contributed by atoms with Crippen LogP contribution in [0.1, 0.15) is 45.2 Å². The minimum atomic E-state index is -3.36. The summed E-state index contributed by atoms with van der Waals surface area (Å²) in [6.45, 7) is 3.38. The predicted molar refractivity (Wildman–Crippen MR) is 163 cm³/mol. The molecule has 0 aliphatic carbocycles. The maximum Gasteiger partial charge on any atom is 0.331 e. The number of anilines is 2. The smallest absolute Gasteiger partial charge is 0.331 e. The number of ether oxygens (including phenoxy) is 1. The molecule has 4 aromatic rings. The van der Waals surface area contributed by atoms with Gasteiger partial charge in [0.2, 0.25) is 0 Å². The van der Waals surface area contributed by atoms with Crippen molar-refractivity contribution in [1.82, 2.24) is 0 Å². The van der Waals surface area contributed by atoms with Crippen molar-refractivity contribution in [2.75, 3.05) is 23.4 Å². The Bertz CT molecular complexity index is 1700. The molecular formula is C35H30F2N2O4. The first-order valence-corrected chi connectivity index (χ1v) is 13.9. The number of carbonyl (C=O) groups excluding carboxylic acids is 3. The van der Waals surface area contributed by atoms with Crippen molar-refractivity contribution in [3.05, 3.63) is 125 Å². The van der Waals surface area contributed by atoms with Crippen molar-refractivity contribution in [3.8, 4) is 11.1 Å². The monoisotopic (exact) mass is 580 g/mol. The zero-order valence-corrected chi connectivity index (χ0v) is 23.8. The summed E-state index contributed by atoms with van der Waals surface area (Å²) in [5.41, 5.74) is 3.93. The second-order valence-electron chi connectivity index (χ2n) is 10.2. The Morgan fingerprint density at radius 2 is 1.53 bits per heavy atom. The summed E-state index contributed by atoms with van der Waals surface area (Å²) in [6, 6.07) is 27.8. The Morgan fingerprint density at radius 1 is 0.884 bits per heavy atom. The fraction of sp³-hybridized carbons (Fsp3) is 0.171. The first-order valence-electron chi connectivity index (χ1n) is 13.9. The highest BCUT2D eigenvalue weighted by Crippen LogP contribution is 2.43. The maximum atomic E-state index is 15.3. The second kappa shape index (κ2) is 12.4. The van der Waals surface area contributed by atoms with Gasteiger partial charge in [0.25, 0.3) is 17.7 Å². The molecule has 2 amide bonds. The van der Waals surface area contributed by atoms with Crippen LogP contribution >= 0.6 is 0 Å². The highest BCUT2D eigenvalue weighted by atomic mass is 19.3. The molecule has 218 valence electrons. The molecule has 1 heterocycles. The van der Waals surface area contributed by atoms with Gasteiger partial charge in [-0.3, -0.25) is 9.59 Å². The van der Waals surface area contributed by atoms with Crippen LogP contribution in [0.5, 0.6) is 0 Å². The van der Waals surface area contributed by atoms with E-state index in [0.717, 1.165) is 22.8 Å². The number of amides is 2. The number of hydrogen-bond donors (Lipinski definition) is 1. The number of hydrogen-bond acceptors (Lipinski definition) is 4. The number of rotatable bonds is 6.